The third kappa shape index (κ3) is 5.37. The molecule has 82 valence electrons. The molecule has 0 amide bonds. The van der Waals surface area contributed by atoms with Crippen molar-refractivity contribution >= 4 is 44.2 Å². The molecule has 0 fully saturated rings. The molecule has 1 aromatic rings. The van der Waals surface area contributed by atoms with Crippen molar-refractivity contribution in [1.82, 2.24) is 0 Å². The Morgan fingerprint density at radius 3 is 2.33 bits per heavy atom. The summed E-state index contributed by atoms with van der Waals surface area (Å²) in [6.45, 7) is 1.65. The summed E-state index contributed by atoms with van der Waals surface area (Å²) in [4.78, 5) is 0.104. The zero-order valence-electron chi connectivity index (χ0n) is 7.87. The van der Waals surface area contributed by atoms with Gasteiger partial charge in [0.25, 0.3) is 0 Å². The number of hydrogen-bond acceptors (Lipinski definition) is 2. The van der Waals surface area contributed by atoms with E-state index in [2.05, 4.69) is 12.3 Å². The first-order chi connectivity index (χ1) is 6.82. The number of rotatable bonds is 1. The molecule has 0 aliphatic carbocycles. The van der Waals surface area contributed by atoms with E-state index in [9.17, 15) is 8.42 Å². The third-order valence-electron chi connectivity index (χ3n) is 1.20. The number of sulfonamides is 1. The van der Waals surface area contributed by atoms with Crippen LogP contribution in [0.15, 0.2) is 23.1 Å². The van der Waals surface area contributed by atoms with Gasteiger partial charge in [-0.25, -0.2) is 13.6 Å². The van der Waals surface area contributed by atoms with Crippen LogP contribution in [0.1, 0.15) is 6.92 Å². The highest BCUT2D eigenvalue weighted by molar-refractivity contribution is 14.1. The molecule has 6 heteroatoms. The normalized spacial score (nSPS) is 9.80. The van der Waals surface area contributed by atoms with Crippen molar-refractivity contribution in [2.45, 2.75) is 11.8 Å². The van der Waals surface area contributed by atoms with Crippen LogP contribution in [0.2, 0.25) is 5.02 Å². The summed E-state index contributed by atoms with van der Waals surface area (Å²) in [7, 11) is -3.62. The first-order valence-electron chi connectivity index (χ1n) is 3.68. The van der Waals surface area contributed by atoms with Crippen molar-refractivity contribution in [3.05, 3.63) is 26.8 Å². The smallest absolute Gasteiger partial charge is 0.225 e. The van der Waals surface area contributed by atoms with Gasteiger partial charge in [0.2, 0.25) is 10.0 Å². The highest BCUT2D eigenvalue weighted by Gasteiger charge is 2.11. The molecule has 2 N–H and O–H groups in total. The van der Waals surface area contributed by atoms with Crippen molar-refractivity contribution < 1.29 is 8.42 Å². The number of benzene rings is 1. The van der Waals surface area contributed by atoms with E-state index in [0.29, 0.717) is 8.59 Å². The topological polar surface area (TPSA) is 60.2 Å². The minimum absolute atomic E-state index is 0.104. The third-order valence-corrected chi connectivity index (χ3v) is 3.66. The van der Waals surface area contributed by atoms with Gasteiger partial charge >= 0.3 is 0 Å². The Morgan fingerprint density at radius 1 is 1.53 bits per heavy atom. The van der Waals surface area contributed by atoms with Crippen molar-refractivity contribution in [3.8, 4) is 12.3 Å². The van der Waals surface area contributed by atoms with Gasteiger partial charge in [0, 0.05) is 8.59 Å². The molecular formula is C9H9ClINO2S. The summed E-state index contributed by atoms with van der Waals surface area (Å²) in [6, 6.07) is 4.42. The average molecular weight is 358 g/mol. The Hall–Kier alpha value is -0.290. The fourth-order valence-corrected chi connectivity index (χ4v) is 3.09. The minimum atomic E-state index is -3.62. The molecular weight excluding hydrogens is 349 g/mol. The standard InChI is InChI=1S/C6H5ClINO2S.C3H4/c7-4-1-2-6(5(8)3-4)12(9,10)11;1-3-2/h1-3H,(H2,9,10,11);1H,2H3. The highest BCUT2D eigenvalue weighted by atomic mass is 127. The maximum atomic E-state index is 10.9. The summed E-state index contributed by atoms with van der Waals surface area (Å²) in [5.74, 6) is 2.25. The van der Waals surface area contributed by atoms with Gasteiger partial charge in [-0.1, -0.05) is 11.6 Å². The summed E-state index contributed by atoms with van der Waals surface area (Å²) in [5.41, 5.74) is 0. The molecule has 15 heavy (non-hydrogen) atoms. The van der Waals surface area contributed by atoms with Crippen LogP contribution in [0.3, 0.4) is 0 Å². The molecule has 3 nitrogen and oxygen atoms in total. The monoisotopic (exact) mass is 357 g/mol. The van der Waals surface area contributed by atoms with E-state index in [4.69, 9.17) is 16.7 Å². The van der Waals surface area contributed by atoms with Crippen LogP contribution in [-0.4, -0.2) is 8.42 Å². The molecule has 0 aromatic heterocycles. The van der Waals surface area contributed by atoms with Crippen LogP contribution >= 0.6 is 34.2 Å². The largest absolute Gasteiger partial charge is 0.239 e. The number of nitrogens with two attached hydrogens (primary N) is 1. The summed E-state index contributed by atoms with van der Waals surface area (Å²) < 4.78 is 22.3. The number of halogens is 2. The van der Waals surface area contributed by atoms with Crippen LogP contribution in [0.4, 0.5) is 0 Å². The van der Waals surface area contributed by atoms with Crippen LogP contribution in [0.5, 0.6) is 0 Å². The van der Waals surface area contributed by atoms with Crippen LogP contribution in [-0.2, 0) is 10.0 Å². The van der Waals surface area contributed by atoms with Gasteiger partial charge in [0.15, 0.2) is 0 Å². The first-order valence-corrected chi connectivity index (χ1v) is 6.68. The van der Waals surface area contributed by atoms with Gasteiger partial charge in [0.1, 0.15) is 0 Å². The van der Waals surface area contributed by atoms with Gasteiger partial charge in [-0.3, -0.25) is 0 Å². The lowest BCUT2D eigenvalue weighted by Crippen LogP contribution is -2.13. The number of primary sulfonamides is 1. The average Bonchev–Trinajstić information content (AvgIpc) is 2.02. The van der Waals surface area contributed by atoms with E-state index >= 15 is 0 Å². The first kappa shape index (κ1) is 14.7. The van der Waals surface area contributed by atoms with Crippen molar-refractivity contribution in [2.75, 3.05) is 0 Å². The second kappa shape index (κ2) is 6.33. The van der Waals surface area contributed by atoms with E-state index < -0.39 is 10.0 Å². The molecule has 0 heterocycles. The Morgan fingerprint density at radius 2 is 2.00 bits per heavy atom. The number of hydrogen-bond donors (Lipinski definition) is 1. The van der Waals surface area contributed by atoms with Crippen molar-refractivity contribution in [2.24, 2.45) is 5.14 Å². The van der Waals surface area contributed by atoms with Crippen molar-refractivity contribution in [1.29, 1.82) is 0 Å². The van der Waals surface area contributed by atoms with Crippen LogP contribution in [0.25, 0.3) is 0 Å². The quantitative estimate of drug-likeness (QED) is 0.619. The van der Waals surface area contributed by atoms with E-state index in [1.807, 2.05) is 22.6 Å². The zero-order valence-corrected chi connectivity index (χ0v) is 11.6. The van der Waals surface area contributed by atoms with Gasteiger partial charge in [-0.05, 0) is 47.7 Å². The molecule has 0 unspecified atom stereocenters. The fraction of sp³-hybridized carbons (Fsp3) is 0.111. The number of terminal acetylenes is 1. The molecule has 0 saturated heterocycles. The Kier molecular flexibility index (Phi) is 6.20. The van der Waals surface area contributed by atoms with Crippen LogP contribution < -0.4 is 5.14 Å². The maximum absolute atomic E-state index is 10.9. The molecule has 0 saturated carbocycles. The molecule has 0 radical (unpaired) electrons. The zero-order chi connectivity index (χ0) is 12.1. The minimum Gasteiger partial charge on any atom is -0.225 e. The molecule has 0 bridgehead atoms. The lowest BCUT2D eigenvalue weighted by molar-refractivity contribution is 0.597. The molecule has 0 aliphatic heterocycles. The summed E-state index contributed by atoms with van der Waals surface area (Å²) in [5, 5.41) is 5.42. The lowest BCUT2D eigenvalue weighted by atomic mass is 10.4. The van der Waals surface area contributed by atoms with Gasteiger partial charge in [-0.2, -0.15) is 0 Å². The summed E-state index contributed by atoms with van der Waals surface area (Å²) >= 11 is 7.49. The Balaban J connectivity index is 0.000000583. The summed E-state index contributed by atoms with van der Waals surface area (Å²) in [6.07, 6.45) is 4.60. The SMILES string of the molecule is C#CC.NS(=O)(=O)c1ccc(Cl)cc1I. The predicted molar refractivity (Wildman–Crippen MR) is 70.0 cm³/mol. The second-order valence-electron chi connectivity index (χ2n) is 2.41. The molecule has 1 aromatic carbocycles. The Labute approximate surface area is 108 Å². The molecule has 0 atom stereocenters. The second-order valence-corrected chi connectivity index (χ2v) is 5.54. The van der Waals surface area contributed by atoms with E-state index in [1.54, 1.807) is 13.0 Å². The van der Waals surface area contributed by atoms with E-state index in [0.717, 1.165) is 0 Å². The van der Waals surface area contributed by atoms with Gasteiger partial charge in [-0.15, -0.1) is 12.3 Å². The molecule has 0 spiro atoms. The maximum Gasteiger partial charge on any atom is 0.239 e. The van der Waals surface area contributed by atoms with Crippen molar-refractivity contribution in [3.63, 3.8) is 0 Å². The molecule has 1 rings (SSSR count). The van der Waals surface area contributed by atoms with E-state index in [1.165, 1.54) is 12.1 Å². The van der Waals surface area contributed by atoms with E-state index in [-0.39, 0.29) is 4.90 Å². The lowest BCUT2D eigenvalue weighted by Gasteiger charge is -2.00. The highest BCUT2D eigenvalue weighted by Crippen LogP contribution is 2.20. The van der Waals surface area contributed by atoms with Gasteiger partial charge < -0.3 is 0 Å². The van der Waals surface area contributed by atoms with Gasteiger partial charge in [0.05, 0.1) is 4.90 Å². The predicted octanol–water partition coefficient (Wildman–Crippen LogP) is 2.23. The molecule has 0 aliphatic rings. The Bertz CT molecular complexity index is 479. The fourth-order valence-electron chi connectivity index (χ4n) is 0.706. The van der Waals surface area contributed by atoms with Crippen LogP contribution in [0, 0.1) is 15.9 Å².